The van der Waals surface area contributed by atoms with E-state index in [0.717, 1.165) is 61.5 Å². The van der Waals surface area contributed by atoms with Crippen LogP contribution in [0.1, 0.15) is 41.4 Å². The molecule has 4 N–H and O–H groups in total. The van der Waals surface area contributed by atoms with Gasteiger partial charge in [-0.3, -0.25) is 14.5 Å². The van der Waals surface area contributed by atoms with Gasteiger partial charge < -0.3 is 34.9 Å². The number of aromatic hydroxyl groups is 1. The molecule has 2 aromatic carbocycles. The van der Waals surface area contributed by atoms with Gasteiger partial charge in [-0.1, -0.05) is 35.6 Å². The number of phenols is 1. The average molecular weight is 653 g/mol. The predicted molar refractivity (Wildman–Crippen MR) is 176 cm³/mol. The fraction of sp³-hybridized carbons (Fsp3) is 0.455. The summed E-state index contributed by atoms with van der Waals surface area (Å²) in [5.74, 6) is 1.04. The number of aliphatic hydroxyl groups excluding tert-OH is 1. The van der Waals surface area contributed by atoms with Crippen LogP contribution in [0.25, 0.3) is 10.2 Å². The molecule has 0 aliphatic carbocycles. The minimum Gasteiger partial charge on any atom is -0.506 e. The molecule has 12 heteroatoms. The van der Waals surface area contributed by atoms with Crippen LogP contribution in [0.2, 0.25) is 0 Å². The molecule has 4 aromatic rings. The van der Waals surface area contributed by atoms with Gasteiger partial charge in [-0.25, -0.2) is 0 Å². The number of H-pyrrole nitrogens is 1. The second-order valence-electron chi connectivity index (χ2n) is 11.8. The second-order valence-corrected chi connectivity index (χ2v) is 13.8. The van der Waals surface area contributed by atoms with E-state index in [2.05, 4.69) is 26.6 Å². The van der Waals surface area contributed by atoms with E-state index in [1.165, 1.54) is 10.9 Å². The summed E-state index contributed by atoms with van der Waals surface area (Å²) < 4.78 is 12.9. The molecule has 4 heterocycles. The van der Waals surface area contributed by atoms with Crippen LogP contribution in [0.3, 0.4) is 0 Å². The third-order valence-corrected chi connectivity index (χ3v) is 10.6. The van der Waals surface area contributed by atoms with E-state index in [4.69, 9.17) is 9.47 Å². The van der Waals surface area contributed by atoms with Crippen molar-refractivity contribution in [3.8, 4) is 11.5 Å². The van der Waals surface area contributed by atoms with Crippen molar-refractivity contribution in [1.29, 1.82) is 0 Å². The molecule has 2 aliphatic heterocycles. The standard InChI is InChI=1S/C33H40N4O6S2/c38-27-9-8-26(31-30(27)35-32(41)45-31)28(39)21-34-20-23-3-5-24(6-4-23)42-17-15-36-13-11-33(12-14-36)22-37(16-18-43-33)29(40)10-7-25-2-1-19-44-25/h1-6,8-9,19,28,34,38-39H,7,10-18,20-22H2,(H,35,41)/t28-/m0/s1. The number of likely N-dealkylation sites (tertiary alicyclic amines) is 1. The monoisotopic (exact) mass is 652 g/mol. The van der Waals surface area contributed by atoms with Crippen LogP contribution in [0, 0.1) is 0 Å². The van der Waals surface area contributed by atoms with Gasteiger partial charge in [0.25, 0.3) is 0 Å². The van der Waals surface area contributed by atoms with Crippen molar-refractivity contribution >= 4 is 38.8 Å². The fourth-order valence-corrected chi connectivity index (χ4v) is 7.78. The molecule has 1 atom stereocenters. The summed E-state index contributed by atoms with van der Waals surface area (Å²) in [5, 5.41) is 26.0. The number of aromatic nitrogens is 1. The van der Waals surface area contributed by atoms with Crippen LogP contribution in [0.5, 0.6) is 11.5 Å². The molecule has 2 aromatic heterocycles. The van der Waals surface area contributed by atoms with Gasteiger partial charge in [-0.15, -0.1) is 11.3 Å². The van der Waals surface area contributed by atoms with E-state index in [0.29, 0.717) is 61.6 Å². The number of hydrogen-bond donors (Lipinski definition) is 4. The molecule has 2 saturated heterocycles. The highest BCUT2D eigenvalue weighted by molar-refractivity contribution is 7.16. The van der Waals surface area contributed by atoms with E-state index in [1.54, 1.807) is 17.4 Å². The third kappa shape index (κ3) is 7.94. The van der Waals surface area contributed by atoms with Gasteiger partial charge in [0.2, 0.25) is 5.91 Å². The van der Waals surface area contributed by atoms with Gasteiger partial charge in [0, 0.05) is 62.7 Å². The highest BCUT2D eigenvalue weighted by atomic mass is 32.1. The Morgan fingerprint density at radius 1 is 1.13 bits per heavy atom. The Labute approximate surface area is 270 Å². The number of thiophene rings is 1. The molecule has 1 spiro atoms. The minimum atomic E-state index is -0.820. The number of piperidine rings is 1. The van der Waals surface area contributed by atoms with E-state index in [-0.39, 0.29) is 22.1 Å². The maximum absolute atomic E-state index is 12.9. The van der Waals surface area contributed by atoms with Gasteiger partial charge in [-0.2, -0.15) is 0 Å². The Hall–Kier alpha value is -3.26. The van der Waals surface area contributed by atoms with Gasteiger partial charge in [-0.05, 0) is 54.5 Å². The zero-order chi connectivity index (χ0) is 31.2. The van der Waals surface area contributed by atoms with E-state index < -0.39 is 6.10 Å². The van der Waals surface area contributed by atoms with E-state index >= 15 is 0 Å². The lowest BCUT2D eigenvalue weighted by molar-refractivity contribution is -0.159. The molecule has 2 aliphatic rings. The van der Waals surface area contributed by atoms with Gasteiger partial charge in [0.1, 0.15) is 23.6 Å². The zero-order valence-corrected chi connectivity index (χ0v) is 26.8. The number of phenolic OH excluding ortho intramolecular Hbond substituents is 1. The van der Waals surface area contributed by atoms with Crippen molar-refractivity contribution in [3.63, 3.8) is 0 Å². The van der Waals surface area contributed by atoms with Crippen LogP contribution in [-0.4, -0.2) is 89.0 Å². The summed E-state index contributed by atoms with van der Waals surface area (Å²) in [6.07, 6.45) is 2.39. The normalized spacial score (nSPS) is 17.6. The lowest BCUT2D eigenvalue weighted by Gasteiger charge is -2.47. The molecule has 6 rings (SSSR count). The number of aromatic amines is 1. The number of rotatable bonds is 12. The van der Waals surface area contributed by atoms with Crippen molar-refractivity contribution in [1.82, 2.24) is 20.1 Å². The highest BCUT2D eigenvalue weighted by Gasteiger charge is 2.40. The number of nitrogens with zero attached hydrogens (tertiary/aromatic N) is 2. The maximum Gasteiger partial charge on any atom is 0.305 e. The molecule has 10 nitrogen and oxygen atoms in total. The second kappa shape index (κ2) is 14.4. The Balaban J connectivity index is 0.890. The van der Waals surface area contributed by atoms with Gasteiger partial charge in [0.15, 0.2) is 0 Å². The topological polar surface area (TPSA) is 127 Å². The Morgan fingerprint density at radius 3 is 2.73 bits per heavy atom. The summed E-state index contributed by atoms with van der Waals surface area (Å²) in [6.45, 7) is 6.13. The van der Waals surface area contributed by atoms with Crippen LogP contribution >= 0.6 is 22.7 Å². The summed E-state index contributed by atoms with van der Waals surface area (Å²) in [4.78, 5) is 32.7. The largest absolute Gasteiger partial charge is 0.506 e. The molecular weight excluding hydrogens is 613 g/mol. The number of carbonyl (C=O) groups is 1. The summed E-state index contributed by atoms with van der Waals surface area (Å²) in [5.41, 5.74) is 1.80. The van der Waals surface area contributed by atoms with Crippen LogP contribution in [-0.2, 0) is 22.5 Å². The number of aliphatic hydroxyl groups is 1. The first-order chi connectivity index (χ1) is 21.9. The molecule has 0 unspecified atom stereocenters. The Bertz CT molecular complexity index is 1610. The fourth-order valence-electron chi connectivity index (χ4n) is 6.15. The number of thiazole rings is 1. The maximum atomic E-state index is 12.9. The molecule has 2 fully saturated rings. The van der Waals surface area contributed by atoms with Crippen LogP contribution < -0.4 is 14.9 Å². The Kier molecular flexibility index (Phi) is 10.2. The number of nitrogens with one attached hydrogen (secondary N) is 2. The molecular formula is C33H40N4O6S2. The quantitative estimate of drug-likeness (QED) is 0.182. The number of aryl methyl sites for hydroxylation is 1. The van der Waals surface area contributed by atoms with Gasteiger partial charge >= 0.3 is 4.87 Å². The zero-order valence-electron chi connectivity index (χ0n) is 25.2. The SMILES string of the molecule is O=C(CCc1cccs1)N1CCOC2(CCN(CCOc3ccc(CNC[C@H](O)c4ccc(O)c5[nH]c(=O)sc45)cc3)CC2)C1. The van der Waals surface area contributed by atoms with E-state index in [9.17, 15) is 19.8 Å². The number of ether oxygens (including phenoxy) is 2. The number of fused-ring (bicyclic) bond motifs is 1. The molecule has 45 heavy (non-hydrogen) atoms. The number of hydrogen-bond acceptors (Lipinski definition) is 10. The first-order valence-corrected chi connectivity index (χ1v) is 17.2. The number of benzene rings is 2. The number of morpholine rings is 1. The van der Waals surface area contributed by atoms with E-state index in [1.807, 2.05) is 35.2 Å². The lowest BCUT2D eigenvalue weighted by Crippen LogP contribution is -2.58. The molecule has 0 bridgehead atoms. The smallest absolute Gasteiger partial charge is 0.305 e. The van der Waals surface area contributed by atoms with Crippen molar-refractivity contribution in [2.75, 3.05) is 52.5 Å². The minimum absolute atomic E-state index is 0.00492. The molecule has 1 amide bonds. The summed E-state index contributed by atoms with van der Waals surface area (Å²) in [6, 6.07) is 15.2. The summed E-state index contributed by atoms with van der Waals surface area (Å²) in [7, 11) is 0. The number of amides is 1. The van der Waals surface area contributed by atoms with Crippen LogP contribution in [0.4, 0.5) is 0 Å². The lowest BCUT2D eigenvalue weighted by atomic mass is 9.89. The van der Waals surface area contributed by atoms with Crippen molar-refractivity contribution in [2.45, 2.75) is 43.9 Å². The predicted octanol–water partition coefficient (Wildman–Crippen LogP) is 3.88. The Morgan fingerprint density at radius 2 is 1.96 bits per heavy atom. The first-order valence-electron chi connectivity index (χ1n) is 15.5. The summed E-state index contributed by atoms with van der Waals surface area (Å²) >= 11 is 2.69. The molecule has 0 radical (unpaired) electrons. The molecule has 0 saturated carbocycles. The highest BCUT2D eigenvalue weighted by Crippen LogP contribution is 2.32. The van der Waals surface area contributed by atoms with Crippen LogP contribution in [0.15, 0.2) is 58.7 Å². The first kappa shape index (κ1) is 31.7. The van der Waals surface area contributed by atoms with Gasteiger partial charge in [0.05, 0.1) is 23.0 Å². The van der Waals surface area contributed by atoms with Crippen molar-refractivity contribution in [2.24, 2.45) is 0 Å². The number of carbonyl (C=O) groups excluding carboxylic acids is 1. The van der Waals surface area contributed by atoms with Crippen molar-refractivity contribution < 1.29 is 24.5 Å². The average Bonchev–Trinajstić information content (AvgIpc) is 3.72. The molecule has 240 valence electrons. The van der Waals surface area contributed by atoms with Crippen molar-refractivity contribution in [3.05, 3.63) is 79.6 Å². The third-order valence-electron chi connectivity index (χ3n) is 8.75.